The van der Waals surface area contributed by atoms with Crippen molar-refractivity contribution in [1.82, 2.24) is 5.32 Å². The zero-order valence-corrected chi connectivity index (χ0v) is 12.7. The highest BCUT2D eigenvalue weighted by Gasteiger charge is 2.33. The molecule has 0 saturated heterocycles. The van der Waals surface area contributed by atoms with Crippen molar-refractivity contribution in [2.45, 2.75) is 37.6 Å². The third kappa shape index (κ3) is 3.29. The third-order valence-electron chi connectivity index (χ3n) is 3.46. The Hall–Kier alpha value is -1.05. The molecular weight excluding hydrogens is 328 g/mol. The van der Waals surface area contributed by atoms with Gasteiger partial charge < -0.3 is 5.32 Å². The fourth-order valence-corrected chi connectivity index (χ4v) is 2.84. The molecule has 1 amide bonds. The van der Waals surface area contributed by atoms with Gasteiger partial charge in [-0.05, 0) is 47.0 Å². The second kappa shape index (κ2) is 5.94. The van der Waals surface area contributed by atoms with Gasteiger partial charge >= 0.3 is 0 Å². The van der Waals surface area contributed by atoms with Crippen molar-refractivity contribution in [3.63, 3.8) is 0 Å². The van der Waals surface area contributed by atoms with E-state index in [0.29, 0.717) is 15.1 Å². The van der Waals surface area contributed by atoms with E-state index < -0.39 is 5.54 Å². The van der Waals surface area contributed by atoms with Gasteiger partial charge in [-0.3, -0.25) is 4.79 Å². The zero-order valence-electron chi connectivity index (χ0n) is 10.4. The molecule has 2 rings (SSSR count). The lowest BCUT2D eigenvalue weighted by Crippen LogP contribution is -2.48. The number of hydrogen-bond donors (Lipinski definition) is 1. The van der Waals surface area contributed by atoms with Crippen LogP contribution in [0.2, 0.25) is 5.02 Å². The predicted molar refractivity (Wildman–Crippen MR) is 78.0 cm³/mol. The Kier molecular flexibility index (Phi) is 4.49. The van der Waals surface area contributed by atoms with Crippen LogP contribution in [-0.2, 0) is 0 Å². The number of hydrogen-bond acceptors (Lipinski definition) is 2. The number of halogens is 2. The smallest absolute Gasteiger partial charge is 0.252 e. The Balaban J connectivity index is 2.15. The summed E-state index contributed by atoms with van der Waals surface area (Å²) in [5.74, 6) is -0.221. The van der Waals surface area contributed by atoms with Crippen molar-refractivity contribution in [2.75, 3.05) is 0 Å². The van der Waals surface area contributed by atoms with Gasteiger partial charge in [0.1, 0.15) is 5.54 Å². The maximum Gasteiger partial charge on any atom is 0.252 e. The Labute approximate surface area is 126 Å². The summed E-state index contributed by atoms with van der Waals surface area (Å²) >= 11 is 9.19. The average Bonchev–Trinajstić information content (AvgIpc) is 2.43. The number of nitriles is 1. The van der Waals surface area contributed by atoms with Crippen LogP contribution in [0.1, 0.15) is 42.5 Å². The van der Waals surface area contributed by atoms with Crippen molar-refractivity contribution in [1.29, 1.82) is 5.26 Å². The van der Waals surface area contributed by atoms with E-state index >= 15 is 0 Å². The molecule has 0 bridgehead atoms. The first-order valence-electron chi connectivity index (χ1n) is 6.25. The van der Waals surface area contributed by atoms with Crippen molar-refractivity contribution in [3.05, 3.63) is 33.3 Å². The van der Waals surface area contributed by atoms with Crippen LogP contribution in [0.5, 0.6) is 0 Å². The lowest BCUT2D eigenvalue weighted by atomic mass is 9.82. The lowest BCUT2D eigenvalue weighted by molar-refractivity contribution is 0.0902. The van der Waals surface area contributed by atoms with Crippen molar-refractivity contribution in [3.8, 4) is 6.07 Å². The monoisotopic (exact) mass is 340 g/mol. The SMILES string of the molecule is N#CC1(NC(=O)c2ccc(Cl)c(Br)c2)CCCCC1. The summed E-state index contributed by atoms with van der Waals surface area (Å²) in [4.78, 5) is 12.2. The molecule has 1 N–H and O–H groups in total. The molecular formula is C14H14BrClN2O. The molecule has 1 aliphatic rings. The number of nitrogens with one attached hydrogen (secondary N) is 1. The van der Waals surface area contributed by atoms with Crippen LogP contribution in [0.25, 0.3) is 0 Å². The molecule has 0 aliphatic heterocycles. The largest absolute Gasteiger partial charge is 0.334 e. The van der Waals surface area contributed by atoms with Gasteiger partial charge in [-0.25, -0.2) is 0 Å². The first-order chi connectivity index (χ1) is 9.06. The van der Waals surface area contributed by atoms with Gasteiger partial charge in [0.05, 0.1) is 11.1 Å². The second-order valence-corrected chi connectivity index (χ2v) is 6.10. The van der Waals surface area contributed by atoms with Crippen LogP contribution >= 0.6 is 27.5 Å². The molecule has 1 saturated carbocycles. The van der Waals surface area contributed by atoms with Crippen LogP contribution in [0.15, 0.2) is 22.7 Å². The molecule has 0 heterocycles. The molecule has 100 valence electrons. The Morgan fingerprint density at radius 3 is 2.63 bits per heavy atom. The van der Waals surface area contributed by atoms with E-state index in [1.165, 1.54) is 0 Å². The van der Waals surface area contributed by atoms with Gasteiger partial charge in [0, 0.05) is 10.0 Å². The molecule has 1 aromatic carbocycles. The van der Waals surface area contributed by atoms with Gasteiger partial charge in [-0.1, -0.05) is 30.9 Å². The molecule has 1 fully saturated rings. The van der Waals surface area contributed by atoms with Crippen molar-refractivity contribution < 1.29 is 4.79 Å². The first-order valence-corrected chi connectivity index (χ1v) is 7.42. The Bertz CT molecular complexity index is 533. The minimum atomic E-state index is -0.707. The number of carbonyl (C=O) groups excluding carboxylic acids is 1. The fourth-order valence-electron chi connectivity index (χ4n) is 2.35. The second-order valence-electron chi connectivity index (χ2n) is 4.84. The van der Waals surface area contributed by atoms with Gasteiger partial charge in [0.15, 0.2) is 0 Å². The fraction of sp³-hybridized carbons (Fsp3) is 0.429. The molecule has 0 unspecified atom stereocenters. The predicted octanol–water partition coefficient (Wildman–Crippen LogP) is 4.06. The van der Waals surface area contributed by atoms with Crippen LogP contribution in [0.4, 0.5) is 0 Å². The maximum absolute atomic E-state index is 12.2. The standard InChI is InChI=1S/C14H14BrClN2O/c15-11-8-10(4-5-12(11)16)13(19)18-14(9-17)6-2-1-3-7-14/h4-5,8H,1-3,6-7H2,(H,18,19). The topological polar surface area (TPSA) is 52.9 Å². The molecule has 3 nitrogen and oxygen atoms in total. The van der Waals surface area contributed by atoms with E-state index in [4.69, 9.17) is 11.6 Å². The highest BCUT2D eigenvalue weighted by molar-refractivity contribution is 9.10. The summed E-state index contributed by atoms with van der Waals surface area (Å²) in [6.45, 7) is 0. The quantitative estimate of drug-likeness (QED) is 0.882. The van der Waals surface area contributed by atoms with Crippen LogP contribution in [0.3, 0.4) is 0 Å². The number of amides is 1. The summed E-state index contributed by atoms with van der Waals surface area (Å²) < 4.78 is 0.677. The molecule has 1 aromatic rings. The molecule has 0 aromatic heterocycles. The molecule has 0 atom stereocenters. The van der Waals surface area contributed by atoms with E-state index in [2.05, 4.69) is 27.3 Å². The van der Waals surface area contributed by atoms with E-state index in [-0.39, 0.29) is 5.91 Å². The average molecular weight is 342 g/mol. The normalized spacial score (nSPS) is 17.5. The summed E-state index contributed by atoms with van der Waals surface area (Å²) in [6, 6.07) is 7.28. The van der Waals surface area contributed by atoms with Crippen molar-refractivity contribution in [2.24, 2.45) is 0 Å². The minimum absolute atomic E-state index is 0.221. The third-order valence-corrected chi connectivity index (χ3v) is 4.67. The first kappa shape index (κ1) is 14.4. The van der Waals surface area contributed by atoms with Crippen molar-refractivity contribution >= 4 is 33.4 Å². The van der Waals surface area contributed by atoms with Gasteiger partial charge in [0.25, 0.3) is 5.91 Å². The highest BCUT2D eigenvalue weighted by atomic mass is 79.9. The summed E-state index contributed by atoms with van der Waals surface area (Å²) in [7, 11) is 0. The number of benzene rings is 1. The minimum Gasteiger partial charge on any atom is -0.334 e. The summed E-state index contributed by atoms with van der Waals surface area (Å²) in [5.41, 5.74) is -0.196. The van der Waals surface area contributed by atoms with Gasteiger partial charge in [0.2, 0.25) is 0 Å². The highest BCUT2D eigenvalue weighted by Crippen LogP contribution is 2.28. The summed E-state index contributed by atoms with van der Waals surface area (Å²) in [5, 5.41) is 12.8. The molecule has 0 spiro atoms. The lowest BCUT2D eigenvalue weighted by Gasteiger charge is -2.31. The van der Waals surface area contributed by atoms with Gasteiger partial charge in [-0.2, -0.15) is 5.26 Å². The Morgan fingerprint density at radius 1 is 1.37 bits per heavy atom. The maximum atomic E-state index is 12.2. The van der Waals surface area contributed by atoms with E-state index in [9.17, 15) is 10.1 Å². The van der Waals surface area contributed by atoms with Crippen LogP contribution in [-0.4, -0.2) is 11.4 Å². The van der Waals surface area contributed by atoms with Crippen LogP contribution in [0, 0.1) is 11.3 Å². The molecule has 19 heavy (non-hydrogen) atoms. The van der Waals surface area contributed by atoms with Crippen LogP contribution < -0.4 is 5.32 Å². The molecule has 5 heteroatoms. The molecule has 0 radical (unpaired) electrons. The van der Waals surface area contributed by atoms with E-state index in [1.54, 1.807) is 18.2 Å². The number of rotatable bonds is 2. The van der Waals surface area contributed by atoms with E-state index in [0.717, 1.165) is 32.1 Å². The van der Waals surface area contributed by atoms with E-state index in [1.807, 2.05) is 0 Å². The zero-order chi connectivity index (χ0) is 13.9. The Morgan fingerprint density at radius 2 is 2.05 bits per heavy atom. The summed E-state index contributed by atoms with van der Waals surface area (Å²) in [6.07, 6.45) is 4.55. The number of carbonyl (C=O) groups is 1. The van der Waals surface area contributed by atoms with Gasteiger partial charge in [-0.15, -0.1) is 0 Å². The number of nitrogens with zero attached hydrogens (tertiary/aromatic N) is 1. The molecule has 1 aliphatic carbocycles.